The quantitative estimate of drug-likeness (QED) is 0.450. The van der Waals surface area contributed by atoms with Crippen molar-refractivity contribution in [1.82, 2.24) is 14.9 Å². The molecule has 0 radical (unpaired) electrons. The number of rotatable bonds is 6. The number of amides is 1. The number of benzene rings is 2. The number of sulfone groups is 1. The number of hydrogen-bond donors (Lipinski definition) is 2. The minimum absolute atomic E-state index is 0.219. The Morgan fingerprint density at radius 2 is 1.93 bits per heavy atom. The first-order valence-corrected chi connectivity index (χ1v) is 11.4. The summed E-state index contributed by atoms with van der Waals surface area (Å²) in [6, 6.07) is 10.8. The van der Waals surface area contributed by atoms with E-state index < -0.39 is 9.84 Å². The van der Waals surface area contributed by atoms with E-state index in [1.807, 2.05) is 0 Å². The van der Waals surface area contributed by atoms with Crippen molar-refractivity contribution < 1.29 is 13.2 Å². The summed E-state index contributed by atoms with van der Waals surface area (Å²) >= 11 is 5.23. The maximum absolute atomic E-state index is 12.7. The SMILES string of the molecule is C=CCn1c(=S)[nH]c2cc(C(=O)N[C@H](C)c3ccc(S(C)(=O)=O)cc3)ccc2c1=O. The van der Waals surface area contributed by atoms with Gasteiger partial charge in [0, 0.05) is 18.4 Å². The predicted molar refractivity (Wildman–Crippen MR) is 119 cm³/mol. The molecule has 0 saturated carbocycles. The Balaban J connectivity index is 1.86. The molecule has 3 aromatic rings. The normalized spacial score (nSPS) is 12.5. The van der Waals surface area contributed by atoms with E-state index in [-0.39, 0.29) is 27.2 Å². The van der Waals surface area contributed by atoms with Crippen molar-refractivity contribution in [2.45, 2.75) is 24.4 Å². The third kappa shape index (κ3) is 4.42. The Hall–Kier alpha value is -3.04. The summed E-state index contributed by atoms with van der Waals surface area (Å²) in [5, 5.41) is 3.29. The summed E-state index contributed by atoms with van der Waals surface area (Å²) < 4.78 is 24.8. The molecule has 9 heteroatoms. The maximum Gasteiger partial charge on any atom is 0.262 e. The first-order chi connectivity index (χ1) is 14.1. The van der Waals surface area contributed by atoms with Crippen molar-refractivity contribution in [3.63, 3.8) is 0 Å². The Morgan fingerprint density at radius 1 is 1.27 bits per heavy atom. The molecule has 1 aromatic heterocycles. The molecule has 0 spiro atoms. The standard InChI is InChI=1S/C21H21N3O4S2/c1-4-11-24-20(26)17-10-7-15(12-18(17)23-21(24)29)19(25)22-13(2)14-5-8-16(9-6-14)30(3,27)28/h4-10,12-13H,1,11H2,2-3H3,(H,22,25)(H,23,29)/t13-/m1/s1. The molecule has 7 nitrogen and oxygen atoms in total. The molecular formula is C21H21N3O4S2. The Kier molecular flexibility index (Phi) is 6.04. The van der Waals surface area contributed by atoms with Gasteiger partial charge in [-0.2, -0.15) is 0 Å². The van der Waals surface area contributed by atoms with E-state index in [9.17, 15) is 18.0 Å². The molecule has 0 saturated heterocycles. The van der Waals surface area contributed by atoms with Gasteiger partial charge >= 0.3 is 0 Å². The van der Waals surface area contributed by atoms with Crippen LogP contribution in [0, 0.1) is 4.77 Å². The number of fused-ring (bicyclic) bond motifs is 1. The number of allylic oxidation sites excluding steroid dienone is 1. The van der Waals surface area contributed by atoms with Gasteiger partial charge in [-0.1, -0.05) is 18.2 Å². The molecule has 0 aliphatic carbocycles. The number of carbonyl (C=O) groups excluding carboxylic acids is 1. The minimum atomic E-state index is -3.28. The van der Waals surface area contributed by atoms with E-state index in [4.69, 9.17) is 12.2 Å². The van der Waals surface area contributed by atoms with Gasteiger partial charge in [0.2, 0.25) is 0 Å². The highest BCUT2D eigenvalue weighted by atomic mass is 32.2. The third-order valence-electron chi connectivity index (χ3n) is 4.71. The number of nitrogens with one attached hydrogen (secondary N) is 2. The largest absolute Gasteiger partial charge is 0.346 e. The van der Waals surface area contributed by atoms with Gasteiger partial charge in [0.25, 0.3) is 11.5 Å². The highest BCUT2D eigenvalue weighted by molar-refractivity contribution is 7.90. The second-order valence-electron chi connectivity index (χ2n) is 6.93. The minimum Gasteiger partial charge on any atom is -0.346 e. The lowest BCUT2D eigenvalue weighted by Gasteiger charge is -2.15. The molecule has 0 aliphatic heterocycles. The second-order valence-corrected chi connectivity index (χ2v) is 9.33. The summed E-state index contributed by atoms with van der Waals surface area (Å²) in [6.45, 7) is 5.72. The molecule has 3 rings (SSSR count). The van der Waals surface area contributed by atoms with Gasteiger partial charge in [-0.15, -0.1) is 6.58 Å². The number of carbonyl (C=O) groups is 1. The van der Waals surface area contributed by atoms with Gasteiger partial charge < -0.3 is 10.3 Å². The smallest absolute Gasteiger partial charge is 0.262 e. The molecule has 30 heavy (non-hydrogen) atoms. The van der Waals surface area contributed by atoms with Crippen molar-refractivity contribution in [1.29, 1.82) is 0 Å². The monoisotopic (exact) mass is 443 g/mol. The Bertz CT molecular complexity index is 1350. The summed E-state index contributed by atoms with van der Waals surface area (Å²) in [5.41, 5.74) is 1.36. The van der Waals surface area contributed by atoms with Crippen LogP contribution in [0.3, 0.4) is 0 Å². The highest BCUT2D eigenvalue weighted by Gasteiger charge is 2.14. The van der Waals surface area contributed by atoms with Gasteiger partial charge in [-0.3, -0.25) is 14.2 Å². The van der Waals surface area contributed by atoms with Crippen LogP contribution >= 0.6 is 12.2 Å². The average molecular weight is 444 g/mol. The van der Waals surface area contributed by atoms with Gasteiger partial charge in [0.05, 0.1) is 21.8 Å². The lowest BCUT2D eigenvalue weighted by Crippen LogP contribution is -2.27. The second kappa shape index (κ2) is 8.37. The van der Waals surface area contributed by atoms with Crippen LogP contribution in [0.2, 0.25) is 0 Å². The molecule has 156 valence electrons. The van der Waals surface area contributed by atoms with Gasteiger partial charge in [-0.05, 0) is 55.0 Å². The Labute approximate surface area is 179 Å². The third-order valence-corrected chi connectivity index (χ3v) is 6.16. The summed E-state index contributed by atoms with van der Waals surface area (Å²) in [5.74, 6) is -0.328. The van der Waals surface area contributed by atoms with Crippen LogP contribution < -0.4 is 10.9 Å². The van der Waals surface area contributed by atoms with Crippen LogP contribution in [-0.4, -0.2) is 30.1 Å². The zero-order chi connectivity index (χ0) is 22.1. The van der Waals surface area contributed by atoms with Crippen molar-refractivity contribution in [2.75, 3.05) is 6.26 Å². The first kappa shape index (κ1) is 21.7. The molecule has 1 heterocycles. The molecule has 2 aromatic carbocycles. The van der Waals surface area contributed by atoms with E-state index in [1.54, 1.807) is 43.3 Å². The number of hydrogen-bond acceptors (Lipinski definition) is 5. The van der Waals surface area contributed by atoms with E-state index >= 15 is 0 Å². The van der Waals surface area contributed by atoms with E-state index in [2.05, 4.69) is 16.9 Å². The molecule has 1 amide bonds. The number of H-pyrrole nitrogens is 1. The Morgan fingerprint density at radius 3 is 2.53 bits per heavy atom. The zero-order valence-electron chi connectivity index (χ0n) is 16.5. The van der Waals surface area contributed by atoms with Crippen molar-refractivity contribution in [3.05, 3.63) is 81.4 Å². The fourth-order valence-corrected chi connectivity index (χ4v) is 3.96. The topological polar surface area (TPSA) is 101 Å². The summed E-state index contributed by atoms with van der Waals surface area (Å²) in [4.78, 5) is 28.5. The number of aromatic amines is 1. The van der Waals surface area contributed by atoms with Crippen LogP contribution in [0.5, 0.6) is 0 Å². The van der Waals surface area contributed by atoms with Gasteiger partial charge in [0.1, 0.15) is 0 Å². The average Bonchev–Trinajstić information content (AvgIpc) is 2.70. The number of nitrogens with zero attached hydrogens (tertiary/aromatic N) is 1. The van der Waals surface area contributed by atoms with Crippen LogP contribution in [0.25, 0.3) is 10.9 Å². The van der Waals surface area contributed by atoms with Gasteiger partial charge in [-0.25, -0.2) is 8.42 Å². The molecule has 0 bridgehead atoms. The number of aromatic nitrogens is 2. The van der Waals surface area contributed by atoms with E-state index in [1.165, 1.54) is 16.7 Å². The molecule has 2 N–H and O–H groups in total. The lowest BCUT2D eigenvalue weighted by molar-refractivity contribution is 0.0940. The highest BCUT2D eigenvalue weighted by Crippen LogP contribution is 2.18. The first-order valence-electron chi connectivity index (χ1n) is 9.10. The molecule has 1 atom stereocenters. The predicted octanol–water partition coefficient (Wildman–Crippen LogP) is 3.14. The molecular weight excluding hydrogens is 422 g/mol. The molecule has 0 fully saturated rings. The van der Waals surface area contributed by atoms with Crippen LogP contribution in [0.4, 0.5) is 0 Å². The van der Waals surface area contributed by atoms with Crippen molar-refractivity contribution >= 4 is 38.9 Å². The fraction of sp³-hybridized carbons (Fsp3) is 0.190. The van der Waals surface area contributed by atoms with Crippen LogP contribution in [0.1, 0.15) is 28.9 Å². The molecule has 0 aliphatic rings. The summed E-state index contributed by atoms with van der Waals surface area (Å²) in [6.07, 6.45) is 2.73. The van der Waals surface area contributed by atoms with Crippen molar-refractivity contribution in [3.8, 4) is 0 Å². The zero-order valence-corrected chi connectivity index (χ0v) is 18.1. The van der Waals surface area contributed by atoms with Gasteiger partial charge in [0.15, 0.2) is 14.6 Å². The van der Waals surface area contributed by atoms with E-state index in [0.717, 1.165) is 11.8 Å². The van der Waals surface area contributed by atoms with E-state index in [0.29, 0.717) is 23.0 Å². The summed E-state index contributed by atoms with van der Waals surface area (Å²) in [7, 11) is -3.28. The molecule has 0 unspecified atom stereocenters. The fourth-order valence-electron chi connectivity index (χ4n) is 3.06. The lowest BCUT2D eigenvalue weighted by atomic mass is 10.1. The van der Waals surface area contributed by atoms with Crippen molar-refractivity contribution in [2.24, 2.45) is 0 Å². The van der Waals surface area contributed by atoms with Crippen LogP contribution in [0.15, 0.2) is 64.8 Å². The van der Waals surface area contributed by atoms with Crippen LogP contribution in [-0.2, 0) is 16.4 Å². The maximum atomic E-state index is 12.7.